The van der Waals surface area contributed by atoms with Gasteiger partial charge in [-0.25, -0.2) is 12.8 Å². The topological polar surface area (TPSA) is 96.0 Å². The van der Waals surface area contributed by atoms with Crippen LogP contribution in [-0.2, 0) is 26.2 Å². The van der Waals surface area contributed by atoms with Crippen LogP contribution in [0.15, 0.2) is 77.7 Å². The van der Waals surface area contributed by atoms with E-state index >= 15 is 0 Å². The first-order valence-corrected chi connectivity index (χ1v) is 14.7. The maximum Gasteiger partial charge on any atom is 0.264 e. The van der Waals surface area contributed by atoms with Crippen LogP contribution in [0.5, 0.6) is 5.75 Å². The first-order chi connectivity index (χ1) is 19.1. The predicted molar refractivity (Wildman–Crippen MR) is 153 cm³/mol. The Hall–Kier alpha value is -3.92. The van der Waals surface area contributed by atoms with Crippen LogP contribution in [0, 0.1) is 12.7 Å². The van der Waals surface area contributed by atoms with E-state index in [1.165, 1.54) is 4.90 Å². The quantitative estimate of drug-likeness (QED) is 0.323. The summed E-state index contributed by atoms with van der Waals surface area (Å²) >= 11 is 0. The van der Waals surface area contributed by atoms with Gasteiger partial charge in [-0.15, -0.1) is 0 Å². The van der Waals surface area contributed by atoms with Gasteiger partial charge in [0.05, 0.1) is 17.2 Å². The number of likely N-dealkylation sites (N-methyl/N-ethyl adjacent to an activating group) is 1. The summed E-state index contributed by atoms with van der Waals surface area (Å²) in [4.78, 5) is 28.2. The number of anilines is 1. The average molecular weight is 570 g/mol. The Balaban J connectivity index is 2.05. The van der Waals surface area contributed by atoms with Crippen LogP contribution < -0.4 is 14.4 Å². The van der Waals surface area contributed by atoms with E-state index in [1.54, 1.807) is 38.1 Å². The van der Waals surface area contributed by atoms with Crippen molar-refractivity contribution in [3.8, 4) is 5.75 Å². The van der Waals surface area contributed by atoms with Gasteiger partial charge in [-0.2, -0.15) is 0 Å². The molecule has 0 radical (unpaired) electrons. The molecular formula is C30H36FN3O5S. The van der Waals surface area contributed by atoms with Gasteiger partial charge in [-0.05, 0) is 81.3 Å². The molecule has 3 aromatic rings. The Morgan fingerprint density at radius 1 is 0.925 bits per heavy atom. The number of hydrogen-bond acceptors (Lipinski definition) is 5. The third kappa shape index (κ3) is 7.59. The predicted octanol–water partition coefficient (Wildman–Crippen LogP) is 4.67. The summed E-state index contributed by atoms with van der Waals surface area (Å²) in [5.41, 5.74) is 2.07. The molecule has 3 aromatic carbocycles. The molecule has 8 nitrogen and oxygen atoms in total. The number of ether oxygens (including phenoxy) is 1. The second kappa shape index (κ2) is 13.9. The first-order valence-electron chi connectivity index (χ1n) is 13.2. The van der Waals surface area contributed by atoms with Gasteiger partial charge in [0.25, 0.3) is 10.0 Å². The molecule has 0 fully saturated rings. The van der Waals surface area contributed by atoms with E-state index in [0.29, 0.717) is 25.3 Å². The number of rotatable bonds is 13. The molecule has 0 saturated carbocycles. The highest BCUT2D eigenvalue weighted by Crippen LogP contribution is 2.27. The van der Waals surface area contributed by atoms with Gasteiger partial charge in [0.2, 0.25) is 11.8 Å². The highest BCUT2D eigenvalue weighted by molar-refractivity contribution is 7.92. The van der Waals surface area contributed by atoms with Crippen molar-refractivity contribution < 1.29 is 27.1 Å². The van der Waals surface area contributed by atoms with E-state index in [9.17, 15) is 22.4 Å². The summed E-state index contributed by atoms with van der Waals surface area (Å²) in [5, 5.41) is 2.78. The molecule has 0 aromatic heterocycles. The number of nitrogens with zero attached hydrogens (tertiary/aromatic N) is 2. The number of amides is 2. The normalized spacial score (nSPS) is 11.9. The maximum absolute atomic E-state index is 14.0. The second-order valence-corrected chi connectivity index (χ2v) is 11.1. The lowest BCUT2D eigenvalue weighted by Gasteiger charge is -2.33. The second-order valence-electron chi connectivity index (χ2n) is 9.22. The van der Waals surface area contributed by atoms with Crippen molar-refractivity contribution in [2.45, 2.75) is 51.6 Å². The smallest absolute Gasteiger partial charge is 0.264 e. The Kier molecular flexibility index (Phi) is 10.7. The fourth-order valence-electron chi connectivity index (χ4n) is 4.24. The fraction of sp³-hybridized carbons (Fsp3) is 0.333. The van der Waals surface area contributed by atoms with Crippen LogP contribution in [0.2, 0.25) is 0 Å². The molecule has 0 heterocycles. The molecule has 0 aliphatic heterocycles. The lowest BCUT2D eigenvalue weighted by atomic mass is 10.1. The van der Waals surface area contributed by atoms with E-state index in [0.717, 1.165) is 39.7 Å². The van der Waals surface area contributed by atoms with Gasteiger partial charge < -0.3 is 15.0 Å². The molecule has 0 bridgehead atoms. The van der Waals surface area contributed by atoms with E-state index in [1.807, 2.05) is 38.1 Å². The summed E-state index contributed by atoms with van der Waals surface area (Å²) in [6.45, 7) is 7.73. The average Bonchev–Trinajstić information content (AvgIpc) is 2.93. The fourth-order valence-corrected chi connectivity index (χ4v) is 5.65. The van der Waals surface area contributed by atoms with Gasteiger partial charge in [0, 0.05) is 13.1 Å². The zero-order valence-electron chi connectivity index (χ0n) is 23.3. The SMILES string of the molecule is CCNC(=O)C(CC)N(Cc1ccc(C)cc1)C(=O)CN(c1ccc(OCC)cc1)S(=O)(=O)c1ccc(F)cc1. The van der Waals surface area contributed by atoms with Crippen molar-refractivity contribution in [1.29, 1.82) is 0 Å². The molecule has 10 heteroatoms. The highest BCUT2D eigenvalue weighted by Gasteiger charge is 2.33. The van der Waals surface area contributed by atoms with Crippen LogP contribution >= 0.6 is 0 Å². The zero-order valence-corrected chi connectivity index (χ0v) is 24.1. The number of nitrogens with one attached hydrogen (secondary N) is 1. The number of benzene rings is 3. The molecule has 214 valence electrons. The lowest BCUT2D eigenvalue weighted by Crippen LogP contribution is -2.52. The van der Waals surface area contributed by atoms with Crippen molar-refractivity contribution in [3.63, 3.8) is 0 Å². The molecule has 0 aliphatic carbocycles. The third-order valence-electron chi connectivity index (χ3n) is 6.33. The van der Waals surface area contributed by atoms with Crippen LogP contribution in [0.3, 0.4) is 0 Å². The zero-order chi connectivity index (χ0) is 29.3. The summed E-state index contributed by atoms with van der Waals surface area (Å²) in [6.07, 6.45) is 0.331. The minimum Gasteiger partial charge on any atom is -0.494 e. The summed E-state index contributed by atoms with van der Waals surface area (Å²) in [6, 6.07) is 17.5. The highest BCUT2D eigenvalue weighted by atomic mass is 32.2. The van der Waals surface area contributed by atoms with Gasteiger partial charge in [-0.3, -0.25) is 13.9 Å². The Morgan fingerprint density at radius 2 is 1.55 bits per heavy atom. The Labute approximate surface area is 235 Å². The minimum absolute atomic E-state index is 0.114. The molecule has 40 heavy (non-hydrogen) atoms. The molecule has 0 spiro atoms. The van der Waals surface area contributed by atoms with E-state index < -0.39 is 34.3 Å². The van der Waals surface area contributed by atoms with Crippen molar-refractivity contribution in [3.05, 3.63) is 89.7 Å². The standard InChI is InChI=1S/C30H36FN3O5S/c1-5-28(30(36)32-6-2)33(20-23-10-8-22(4)9-11-23)29(35)21-34(25-14-16-26(17-15-25)39-7-3)40(37,38)27-18-12-24(31)13-19-27/h8-19,28H,5-7,20-21H2,1-4H3,(H,32,36). The Morgan fingerprint density at radius 3 is 2.10 bits per heavy atom. The molecule has 1 N–H and O–H groups in total. The summed E-state index contributed by atoms with van der Waals surface area (Å²) in [7, 11) is -4.29. The van der Waals surface area contributed by atoms with Crippen LogP contribution in [0.1, 0.15) is 38.3 Å². The van der Waals surface area contributed by atoms with Crippen molar-refractivity contribution in [2.75, 3.05) is 24.0 Å². The van der Waals surface area contributed by atoms with Crippen LogP contribution in [-0.4, -0.2) is 50.9 Å². The molecule has 0 aliphatic rings. The van der Waals surface area contributed by atoms with Crippen molar-refractivity contribution in [1.82, 2.24) is 10.2 Å². The monoisotopic (exact) mass is 569 g/mol. The summed E-state index contributed by atoms with van der Waals surface area (Å²) in [5.74, 6) is -0.919. The van der Waals surface area contributed by atoms with E-state index in [2.05, 4.69) is 5.32 Å². The number of aryl methyl sites for hydroxylation is 1. The van der Waals surface area contributed by atoms with Gasteiger partial charge in [-0.1, -0.05) is 36.8 Å². The Bertz CT molecular complexity index is 1380. The molecular weight excluding hydrogens is 533 g/mol. The molecule has 1 atom stereocenters. The van der Waals surface area contributed by atoms with Gasteiger partial charge in [0.1, 0.15) is 24.2 Å². The minimum atomic E-state index is -4.29. The molecule has 3 rings (SSSR count). The van der Waals surface area contributed by atoms with Crippen LogP contribution in [0.4, 0.5) is 10.1 Å². The van der Waals surface area contributed by atoms with Crippen molar-refractivity contribution in [2.24, 2.45) is 0 Å². The van der Waals surface area contributed by atoms with Gasteiger partial charge >= 0.3 is 0 Å². The maximum atomic E-state index is 14.0. The molecule has 0 saturated heterocycles. The number of sulfonamides is 1. The largest absolute Gasteiger partial charge is 0.494 e. The molecule has 1 unspecified atom stereocenters. The first kappa shape index (κ1) is 30.6. The lowest BCUT2D eigenvalue weighted by molar-refractivity contribution is -0.140. The number of halogens is 1. The van der Waals surface area contributed by atoms with Crippen LogP contribution in [0.25, 0.3) is 0 Å². The number of carbonyl (C=O) groups is 2. The number of carbonyl (C=O) groups excluding carboxylic acids is 2. The van der Waals surface area contributed by atoms with Gasteiger partial charge in [0.15, 0.2) is 0 Å². The van der Waals surface area contributed by atoms with E-state index in [-0.39, 0.29) is 23.0 Å². The third-order valence-corrected chi connectivity index (χ3v) is 8.11. The van der Waals surface area contributed by atoms with E-state index in [4.69, 9.17) is 4.74 Å². The summed E-state index contributed by atoms with van der Waals surface area (Å²) < 4.78 is 47.7. The van der Waals surface area contributed by atoms with Crippen molar-refractivity contribution >= 4 is 27.5 Å². The molecule has 2 amide bonds. The number of hydrogen-bond donors (Lipinski definition) is 1.